The number of nitrogens with one attached hydrogen (secondary N) is 1. The van der Waals surface area contributed by atoms with Crippen LogP contribution in [0.1, 0.15) is 19.8 Å². The topological polar surface area (TPSA) is 62.2 Å². The van der Waals surface area contributed by atoms with Crippen LogP contribution in [0.5, 0.6) is 0 Å². The van der Waals surface area contributed by atoms with Crippen LogP contribution in [0.4, 0.5) is 0 Å². The first-order valence-corrected chi connectivity index (χ1v) is 5.31. The van der Waals surface area contributed by atoms with Crippen molar-refractivity contribution in [3.8, 4) is 0 Å². The van der Waals surface area contributed by atoms with Crippen LogP contribution in [0, 0.1) is 11.3 Å². The number of rotatable bonds is 0. The monoisotopic (exact) mass is 241 g/mol. The summed E-state index contributed by atoms with van der Waals surface area (Å²) >= 11 is 3.59. The Kier molecular flexibility index (Phi) is 2.02. The van der Waals surface area contributed by atoms with Crippen molar-refractivity contribution in [1.82, 2.24) is 0 Å². The van der Waals surface area contributed by atoms with Gasteiger partial charge < -0.3 is 5.73 Å². The van der Waals surface area contributed by atoms with E-state index in [0.717, 1.165) is 24.0 Å². The summed E-state index contributed by atoms with van der Waals surface area (Å²) in [7, 11) is 0. The van der Waals surface area contributed by atoms with Gasteiger partial charge in [-0.2, -0.15) is 0 Å². The molecular weight excluding hydrogens is 230 g/mol. The fourth-order valence-corrected chi connectivity index (χ4v) is 3.14. The Balaban J connectivity index is 2.43. The van der Waals surface area contributed by atoms with Gasteiger partial charge in [0.15, 0.2) is 5.84 Å². The Labute approximate surface area is 85.7 Å². The number of hydrogen-bond donors (Lipinski definition) is 2. The highest BCUT2D eigenvalue weighted by atomic mass is 79.9. The number of aliphatic imine (C=N–C) groups is 1. The summed E-state index contributed by atoms with van der Waals surface area (Å²) in [6, 6.07) is 0. The zero-order chi connectivity index (χ0) is 9.59. The summed E-state index contributed by atoms with van der Waals surface area (Å²) in [4.78, 5) is 4.28. The Morgan fingerprint density at radius 3 is 3.00 bits per heavy atom. The molecular formula is C9H12BrN3. The second-order valence-corrected chi connectivity index (χ2v) is 4.86. The second-order valence-electron chi connectivity index (χ2n) is 3.75. The van der Waals surface area contributed by atoms with Crippen LogP contribution in [0.15, 0.2) is 16.1 Å². The molecule has 0 aromatic heterocycles. The summed E-state index contributed by atoms with van der Waals surface area (Å²) < 4.78 is 0. The molecule has 13 heavy (non-hydrogen) atoms. The first kappa shape index (κ1) is 8.94. The number of halogens is 1. The van der Waals surface area contributed by atoms with Gasteiger partial charge in [0, 0.05) is 16.0 Å². The van der Waals surface area contributed by atoms with E-state index < -0.39 is 0 Å². The van der Waals surface area contributed by atoms with Gasteiger partial charge in [-0.05, 0) is 18.8 Å². The lowest BCUT2D eigenvalue weighted by molar-refractivity contribution is 0.523. The first-order valence-electron chi connectivity index (χ1n) is 4.40. The van der Waals surface area contributed by atoms with Crippen LogP contribution in [0.25, 0.3) is 0 Å². The normalized spacial score (nSPS) is 33.4. The minimum Gasteiger partial charge on any atom is -0.383 e. The molecule has 2 unspecified atom stereocenters. The third-order valence-electron chi connectivity index (χ3n) is 2.59. The fraction of sp³-hybridized carbons (Fsp3) is 0.556. The summed E-state index contributed by atoms with van der Waals surface area (Å²) in [6.07, 6.45) is 2.03. The molecule has 0 saturated carbocycles. The van der Waals surface area contributed by atoms with Crippen molar-refractivity contribution in [3.63, 3.8) is 0 Å². The fourth-order valence-electron chi connectivity index (χ4n) is 1.99. The highest BCUT2D eigenvalue weighted by Gasteiger charge is 2.32. The van der Waals surface area contributed by atoms with Crippen LogP contribution in [0.2, 0.25) is 0 Å². The number of nitrogens with zero attached hydrogens (tertiary/aromatic N) is 1. The third-order valence-corrected chi connectivity index (χ3v) is 3.43. The number of hydrogen-bond acceptors (Lipinski definition) is 2. The van der Waals surface area contributed by atoms with Gasteiger partial charge in [0.05, 0.1) is 0 Å². The molecule has 0 aromatic rings. The van der Waals surface area contributed by atoms with Crippen molar-refractivity contribution in [2.45, 2.75) is 24.6 Å². The lowest BCUT2D eigenvalue weighted by Crippen LogP contribution is -2.25. The summed E-state index contributed by atoms with van der Waals surface area (Å²) in [5.41, 5.74) is 7.84. The minimum absolute atomic E-state index is 0.290. The molecule has 3 N–H and O–H groups in total. The maximum Gasteiger partial charge on any atom is 0.150 e. The summed E-state index contributed by atoms with van der Waals surface area (Å²) in [6.45, 7) is 2.19. The highest BCUT2D eigenvalue weighted by Crippen LogP contribution is 2.37. The molecule has 1 aliphatic heterocycles. The molecule has 4 heteroatoms. The predicted octanol–water partition coefficient (Wildman–Crippen LogP) is 1.82. The van der Waals surface area contributed by atoms with E-state index in [9.17, 15) is 0 Å². The van der Waals surface area contributed by atoms with Crippen LogP contribution >= 0.6 is 15.9 Å². The van der Waals surface area contributed by atoms with Gasteiger partial charge in [0.2, 0.25) is 0 Å². The lowest BCUT2D eigenvalue weighted by atomic mass is 9.85. The van der Waals surface area contributed by atoms with E-state index in [4.69, 9.17) is 11.1 Å². The molecule has 0 bridgehead atoms. The van der Waals surface area contributed by atoms with E-state index in [0.29, 0.717) is 17.6 Å². The zero-order valence-corrected chi connectivity index (χ0v) is 9.06. The number of nitrogens with two attached hydrogens (primary N) is 1. The van der Waals surface area contributed by atoms with Gasteiger partial charge in [0.25, 0.3) is 0 Å². The molecule has 0 radical (unpaired) electrons. The van der Waals surface area contributed by atoms with Crippen molar-refractivity contribution in [1.29, 1.82) is 5.41 Å². The van der Waals surface area contributed by atoms with Gasteiger partial charge in [-0.25, -0.2) is 4.99 Å². The Morgan fingerprint density at radius 2 is 2.31 bits per heavy atom. The lowest BCUT2D eigenvalue weighted by Gasteiger charge is -2.24. The number of amidine groups is 2. The van der Waals surface area contributed by atoms with Gasteiger partial charge in [0.1, 0.15) is 5.84 Å². The van der Waals surface area contributed by atoms with Crippen LogP contribution < -0.4 is 5.73 Å². The van der Waals surface area contributed by atoms with E-state index in [2.05, 4.69) is 27.8 Å². The average Bonchev–Trinajstić information content (AvgIpc) is 2.27. The standard InChI is InChI=1S/C9H12BrN3/c1-4-2-5-7(6(10)3-4)9(12)13-8(5)11/h4,6H,2-3H2,1H3,(H3,11,12,13). The van der Waals surface area contributed by atoms with Crippen LogP contribution in [-0.4, -0.2) is 16.5 Å². The van der Waals surface area contributed by atoms with Gasteiger partial charge in [-0.1, -0.05) is 22.9 Å². The molecule has 2 atom stereocenters. The van der Waals surface area contributed by atoms with Gasteiger partial charge in [-0.15, -0.1) is 0 Å². The van der Waals surface area contributed by atoms with E-state index in [-0.39, 0.29) is 4.83 Å². The van der Waals surface area contributed by atoms with Gasteiger partial charge >= 0.3 is 0 Å². The second kappa shape index (κ2) is 2.94. The third kappa shape index (κ3) is 1.33. The smallest absolute Gasteiger partial charge is 0.150 e. The van der Waals surface area contributed by atoms with E-state index in [1.54, 1.807) is 0 Å². The van der Waals surface area contributed by atoms with Crippen molar-refractivity contribution >= 4 is 27.6 Å². The molecule has 1 aliphatic carbocycles. The predicted molar refractivity (Wildman–Crippen MR) is 57.5 cm³/mol. The molecule has 1 heterocycles. The molecule has 2 aliphatic rings. The van der Waals surface area contributed by atoms with Gasteiger partial charge in [-0.3, -0.25) is 5.41 Å². The zero-order valence-electron chi connectivity index (χ0n) is 7.47. The molecule has 2 rings (SSSR count). The quantitative estimate of drug-likeness (QED) is 0.625. The average molecular weight is 242 g/mol. The Bertz CT molecular complexity index is 330. The van der Waals surface area contributed by atoms with E-state index in [1.165, 1.54) is 0 Å². The Morgan fingerprint density at radius 1 is 1.62 bits per heavy atom. The van der Waals surface area contributed by atoms with Crippen LogP contribution in [0.3, 0.4) is 0 Å². The van der Waals surface area contributed by atoms with Crippen molar-refractivity contribution < 1.29 is 0 Å². The van der Waals surface area contributed by atoms with Crippen molar-refractivity contribution in [2.24, 2.45) is 16.6 Å². The maximum absolute atomic E-state index is 7.64. The number of alkyl halides is 1. The molecule has 70 valence electrons. The summed E-state index contributed by atoms with van der Waals surface area (Å²) in [5, 5.41) is 7.64. The Hall–Kier alpha value is -0.640. The summed E-state index contributed by atoms with van der Waals surface area (Å²) in [5.74, 6) is 1.52. The minimum atomic E-state index is 0.290. The SMILES string of the molecule is CC1CC2=C(C(N)=NC2=N)C(Br)C1. The van der Waals surface area contributed by atoms with E-state index in [1.807, 2.05) is 0 Å². The molecule has 0 spiro atoms. The molecule has 0 amide bonds. The maximum atomic E-state index is 7.64. The molecule has 0 saturated heterocycles. The van der Waals surface area contributed by atoms with Crippen LogP contribution in [-0.2, 0) is 0 Å². The molecule has 0 fully saturated rings. The largest absolute Gasteiger partial charge is 0.383 e. The van der Waals surface area contributed by atoms with Crippen molar-refractivity contribution in [3.05, 3.63) is 11.1 Å². The highest BCUT2D eigenvalue weighted by molar-refractivity contribution is 9.09. The first-order chi connectivity index (χ1) is 6.09. The van der Waals surface area contributed by atoms with Crippen molar-refractivity contribution in [2.75, 3.05) is 0 Å². The molecule has 0 aromatic carbocycles. The van der Waals surface area contributed by atoms with E-state index >= 15 is 0 Å². The molecule has 3 nitrogen and oxygen atoms in total.